The number of sulfonamides is 1. The van der Waals surface area contributed by atoms with Gasteiger partial charge in [-0.15, -0.1) is 0 Å². The summed E-state index contributed by atoms with van der Waals surface area (Å²) in [5.41, 5.74) is 0. The average Bonchev–Trinajstić information content (AvgIpc) is 3.14. The number of hydrogen-bond donors (Lipinski definition) is 0. The van der Waals surface area contributed by atoms with Gasteiger partial charge in [-0.3, -0.25) is 0 Å². The third-order valence-corrected chi connectivity index (χ3v) is 6.81. The molecular formula is C17H22ClN3O5S. The number of nitrogens with zero attached hydrogens (tertiary/aromatic N) is 3. The lowest BCUT2D eigenvalue weighted by atomic mass is 9.98. The van der Waals surface area contributed by atoms with Crippen LogP contribution in [0.25, 0.3) is 0 Å². The SMILES string of the molecule is COCCOCc1nc(C2CCN(S(=O)(=O)c3ccccc3Cl)CC2)no1. The number of rotatable bonds is 8. The van der Waals surface area contributed by atoms with Gasteiger partial charge >= 0.3 is 0 Å². The first-order chi connectivity index (χ1) is 13.0. The van der Waals surface area contributed by atoms with Gasteiger partial charge in [-0.05, 0) is 25.0 Å². The highest BCUT2D eigenvalue weighted by Gasteiger charge is 2.32. The Morgan fingerprint density at radius 3 is 2.70 bits per heavy atom. The number of ether oxygens (including phenoxy) is 2. The smallest absolute Gasteiger partial charge is 0.252 e. The molecule has 1 fully saturated rings. The Hall–Kier alpha value is -1.52. The number of halogens is 1. The van der Waals surface area contributed by atoms with Crippen LogP contribution in [-0.2, 0) is 26.1 Å². The molecule has 0 radical (unpaired) electrons. The van der Waals surface area contributed by atoms with E-state index in [-0.39, 0.29) is 22.4 Å². The summed E-state index contributed by atoms with van der Waals surface area (Å²) < 4.78 is 42.5. The molecule has 10 heteroatoms. The molecule has 8 nitrogen and oxygen atoms in total. The monoisotopic (exact) mass is 415 g/mol. The van der Waals surface area contributed by atoms with Crippen molar-refractivity contribution in [1.29, 1.82) is 0 Å². The molecular weight excluding hydrogens is 394 g/mol. The maximum atomic E-state index is 12.8. The molecule has 0 bridgehead atoms. The van der Waals surface area contributed by atoms with Crippen molar-refractivity contribution in [2.75, 3.05) is 33.4 Å². The van der Waals surface area contributed by atoms with Gasteiger partial charge in [0.2, 0.25) is 10.0 Å². The number of benzene rings is 1. The first-order valence-electron chi connectivity index (χ1n) is 8.66. The van der Waals surface area contributed by atoms with Crippen LogP contribution in [0.5, 0.6) is 0 Å². The van der Waals surface area contributed by atoms with E-state index in [1.807, 2.05) is 0 Å². The first-order valence-corrected chi connectivity index (χ1v) is 10.5. The molecule has 0 N–H and O–H groups in total. The van der Waals surface area contributed by atoms with E-state index in [9.17, 15) is 8.42 Å². The highest BCUT2D eigenvalue weighted by Crippen LogP contribution is 2.31. The van der Waals surface area contributed by atoms with Gasteiger partial charge in [0.25, 0.3) is 5.89 Å². The summed E-state index contributed by atoms with van der Waals surface area (Å²) in [4.78, 5) is 4.50. The lowest BCUT2D eigenvalue weighted by Crippen LogP contribution is -2.38. The highest BCUT2D eigenvalue weighted by molar-refractivity contribution is 7.89. The van der Waals surface area contributed by atoms with Crippen LogP contribution in [0.2, 0.25) is 5.02 Å². The molecule has 1 aromatic heterocycles. The normalized spacial score (nSPS) is 16.7. The minimum atomic E-state index is -3.61. The minimum Gasteiger partial charge on any atom is -0.382 e. The van der Waals surface area contributed by atoms with Gasteiger partial charge in [-0.2, -0.15) is 9.29 Å². The molecule has 1 saturated heterocycles. The summed E-state index contributed by atoms with van der Waals surface area (Å²) in [5.74, 6) is 1.06. The van der Waals surface area contributed by atoms with E-state index in [0.29, 0.717) is 50.9 Å². The van der Waals surface area contributed by atoms with Gasteiger partial charge < -0.3 is 14.0 Å². The van der Waals surface area contributed by atoms with Gasteiger partial charge in [-0.25, -0.2) is 8.42 Å². The van der Waals surface area contributed by atoms with Crippen molar-refractivity contribution in [3.05, 3.63) is 41.0 Å². The summed E-state index contributed by atoms with van der Waals surface area (Å²) in [7, 11) is -2.00. The van der Waals surface area contributed by atoms with Gasteiger partial charge in [0.1, 0.15) is 11.5 Å². The zero-order chi connectivity index (χ0) is 19.3. The Kier molecular flexibility index (Phi) is 6.83. The maximum absolute atomic E-state index is 12.8. The molecule has 0 amide bonds. The third kappa shape index (κ3) is 4.85. The molecule has 2 aromatic rings. The highest BCUT2D eigenvalue weighted by atomic mass is 35.5. The number of hydrogen-bond acceptors (Lipinski definition) is 7. The van der Waals surface area contributed by atoms with E-state index in [2.05, 4.69) is 10.1 Å². The van der Waals surface area contributed by atoms with Gasteiger partial charge in [0.15, 0.2) is 5.82 Å². The average molecular weight is 416 g/mol. The van der Waals surface area contributed by atoms with E-state index in [0.717, 1.165) is 0 Å². The molecule has 0 unspecified atom stereocenters. The predicted molar refractivity (Wildman–Crippen MR) is 98.0 cm³/mol. The van der Waals surface area contributed by atoms with E-state index in [1.54, 1.807) is 25.3 Å². The van der Waals surface area contributed by atoms with Crippen LogP contribution >= 0.6 is 11.6 Å². The van der Waals surface area contributed by atoms with Gasteiger partial charge in [0, 0.05) is 26.1 Å². The van der Waals surface area contributed by atoms with Crippen molar-refractivity contribution < 1.29 is 22.4 Å². The first kappa shape index (κ1) is 20.2. The zero-order valence-corrected chi connectivity index (χ0v) is 16.6. The number of aromatic nitrogens is 2. The number of piperidine rings is 1. The lowest BCUT2D eigenvalue weighted by Gasteiger charge is -2.30. The standard InChI is InChI=1S/C17H22ClN3O5S/c1-24-10-11-25-12-16-19-17(20-26-16)13-6-8-21(9-7-13)27(22,23)15-5-3-2-4-14(15)18/h2-5,13H,6-12H2,1H3. The zero-order valence-electron chi connectivity index (χ0n) is 15.0. The molecule has 0 saturated carbocycles. The van der Waals surface area contributed by atoms with E-state index < -0.39 is 10.0 Å². The van der Waals surface area contributed by atoms with E-state index in [1.165, 1.54) is 10.4 Å². The third-order valence-electron chi connectivity index (χ3n) is 4.41. The van der Waals surface area contributed by atoms with Crippen molar-refractivity contribution in [2.24, 2.45) is 0 Å². The summed E-state index contributed by atoms with van der Waals surface area (Å²) in [5, 5.41) is 4.24. The van der Waals surface area contributed by atoms with Gasteiger partial charge in [0.05, 0.1) is 18.2 Å². The van der Waals surface area contributed by atoms with Gasteiger partial charge in [-0.1, -0.05) is 28.9 Å². The summed E-state index contributed by atoms with van der Waals surface area (Å²) in [6.45, 7) is 1.95. The fourth-order valence-corrected chi connectivity index (χ4v) is 4.90. The molecule has 1 aliphatic heterocycles. The largest absolute Gasteiger partial charge is 0.382 e. The van der Waals surface area contributed by atoms with Crippen LogP contribution in [0.4, 0.5) is 0 Å². The topological polar surface area (TPSA) is 94.8 Å². The second kappa shape index (κ2) is 9.11. The fourth-order valence-electron chi connectivity index (χ4n) is 2.94. The van der Waals surface area contributed by atoms with E-state index in [4.69, 9.17) is 25.6 Å². The Bertz CT molecular complexity index is 850. The lowest BCUT2D eigenvalue weighted by molar-refractivity contribution is 0.0494. The molecule has 27 heavy (non-hydrogen) atoms. The molecule has 2 heterocycles. The Balaban J connectivity index is 1.58. The molecule has 148 valence electrons. The second-order valence-electron chi connectivity index (χ2n) is 6.20. The van der Waals surface area contributed by atoms with Crippen LogP contribution in [0, 0.1) is 0 Å². The Labute approximate surface area is 163 Å². The second-order valence-corrected chi connectivity index (χ2v) is 8.51. The quantitative estimate of drug-likeness (QED) is 0.611. The van der Waals surface area contributed by atoms with Crippen molar-refractivity contribution >= 4 is 21.6 Å². The Morgan fingerprint density at radius 2 is 2.00 bits per heavy atom. The van der Waals surface area contributed by atoms with Crippen LogP contribution < -0.4 is 0 Å². The molecule has 0 spiro atoms. The molecule has 0 atom stereocenters. The minimum absolute atomic E-state index is 0.0548. The van der Waals surface area contributed by atoms with Crippen LogP contribution in [0.3, 0.4) is 0 Å². The van der Waals surface area contributed by atoms with Crippen LogP contribution in [-0.4, -0.2) is 56.3 Å². The fraction of sp³-hybridized carbons (Fsp3) is 0.529. The van der Waals surface area contributed by atoms with Crippen LogP contribution in [0.1, 0.15) is 30.5 Å². The van der Waals surface area contributed by atoms with E-state index >= 15 is 0 Å². The molecule has 1 aromatic carbocycles. The maximum Gasteiger partial charge on any atom is 0.252 e. The molecule has 1 aliphatic rings. The molecule has 3 rings (SSSR count). The van der Waals surface area contributed by atoms with Crippen molar-refractivity contribution in [3.63, 3.8) is 0 Å². The Morgan fingerprint density at radius 1 is 1.26 bits per heavy atom. The van der Waals surface area contributed by atoms with Crippen molar-refractivity contribution in [2.45, 2.75) is 30.3 Å². The summed E-state index contributed by atoms with van der Waals surface area (Å²) in [6, 6.07) is 6.48. The number of methoxy groups -OCH3 is 1. The predicted octanol–water partition coefficient (Wildman–Crippen LogP) is 2.45. The van der Waals surface area contributed by atoms with Crippen molar-refractivity contribution in [1.82, 2.24) is 14.4 Å². The van der Waals surface area contributed by atoms with Crippen molar-refractivity contribution in [3.8, 4) is 0 Å². The van der Waals surface area contributed by atoms with Crippen LogP contribution in [0.15, 0.2) is 33.7 Å². The summed E-state index contributed by atoms with van der Waals surface area (Å²) in [6.07, 6.45) is 1.24. The molecule has 0 aliphatic carbocycles. The summed E-state index contributed by atoms with van der Waals surface area (Å²) >= 11 is 6.06.